The van der Waals surface area contributed by atoms with Gasteiger partial charge < -0.3 is 20.4 Å². The molecule has 36 heavy (non-hydrogen) atoms. The van der Waals surface area contributed by atoms with Crippen LogP contribution in [0.1, 0.15) is 44.1 Å². The fraction of sp³-hybridized carbons (Fsp3) is 0.440. The number of amides is 4. The molecular weight excluding hydrogens is 470 g/mol. The van der Waals surface area contributed by atoms with Gasteiger partial charge in [-0.25, -0.2) is 18.6 Å². The highest BCUT2D eigenvalue weighted by molar-refractivity contribution is 6.01. The van der Waals surface area contributed by atoms with Gasteiger partial charge in [0.05, 0.1) is 23.8 Å². The van der Waals surface area contributed by atoms with E-state index in [2.05, 4.69) is 32.8 Å². The lowest BCUT2D eigenvalue weighted by atomic mass is 9.89. The maximum atomic E-state index is 14.8. The Morgan fingerprint density at radius 1 is 1.14 bits per heavy atom. The summed E-state index contributed by atoms with van der Waals surface area (Å²) >= 11 is 0. The van der Waals surface area contributed by atoms with E-state index in [0.29, 0.717) is 30.5 Å². The summed E-state index contributed by atoms with van der Waals surface area (Å²) in [5, 5.41) is 7.73. The first-order chi connectivity index (χ1) is 17.3. The maximum Gasteiger partial charge on any atom is 0.319 e. The van der Waals surface area contributed by atoms with Crippen LogP contribution in [-0.2, 0) is 9.59 Å². The average molecular weight is 499 g/mol. The number of carbonyl (C=O) groups excluding carboxylic acids is 3. The molecule has 0 aliphatic carbocycles. The Morgan fingerprint density at radius 3 is 2.50 bits per heavy atom. The van der Waals surface area contributed by atoms with Crippen LogP contribution in [0.15, 0.2) is 30.5 Å². The second kappa shape index (κ2) is 9.71. The molecule has 3 fully saturated rings. The number of anilines is 3. The van der Waals surface area contributed by atoms with E-state index < -0.39 is 29.4 Å². The molecule has 3 N–H and O–H groups in total. The number of urea groups is 1. The maximum absolute atomic E-state index is 14.8. The van der Waals surface area contributed by atoms with Crippen molar-refractivity contribution >= 4 is 35.0 Å². The lowest BCUT2D eigenvalue weighted by Crippen LogP contribution is -2.60. The monoisotopic (exact) mass is 498 g/mol. The van der Waals surface area contributed by atoms with Crippen molar-refractivity contribution in [3.63, 3.8) is 0 Å². The summed E-state index contributed by atoms with van der Waals surface area (Å²) < 4.78 is 29.5. The molecule has 1 unspecified atom stereocenters. The fourth-order valence-electron chi connectivity index (χ4n) is 5.09. The zero-order valence-corrected chi connectivity index (χ0v) is 19.9. The molecule has 11 heteroatoms. The molecular formula is C25H28F2N6O3. The number of nitrogens with one attached hydrogen (secondary N) is 3. The van der Waals surface area contributed by atoms with E-state index >= 15 is 0 Å². The van der Waals surface area contributed by atoms with Crippen LogP contribution in [0.25, 0.3) is 0 Å². The van der Waals surface area contributed by atoms with Crippen molar-refractivity contribution < 1.29 is 23.2 Å². The van der Waals surface area contributed by atoms with Gasteiger partial charge in [-0.15, -0.1) is 0 Å². The zero-order chi connectivity index (χ0) is 25.4. The van der Waals surface area contributed by atoms with Crippen molar-refractivity contribution in [2.75, 3.05) is 34.8 Å². The summed E-state index contributed by atoms with van der Waals surface area (Å²) in [4.78, 5) is 44.2. The topological polar surface area (TPSA) is 107 Å². The van der Waals surface area contributed by atoms with Crippen LogP contribution in [0.3, 0.4) is 0 Å². The number of piperidine rings is 1. The van der Waals surface area contributed by atoms with Gasteiger partial charge in [-0.05, 0) is 50.5 Å². The summed E-state index contributed by atoms with van der Waals surface area (Å²) in [5.74, 6) is -2.92. The largest absolute Gasteiger partial charge is 0.367 e. The van der Waals surface area contributed by atoms with E-state index in [1.165, 1.54) is 12.1 Å². The molecule has 3 aliphatic heterocycles. The smallest absolute Gasteiger partial charge is 0.319 e. The average Bonchev–Trinajstić information content (AvgIpc) is 3.23. The fourth-order valence-corrected chi connectivity index (χ4v) is 5.09. The SMILES string of the molecule is C[C@@H]1CCCN1c1ccc(NC(=O)NC2CN(c3cc(F)c(C4CCC(=O)NC4=O)c(F)c3)C2)cn1. The number of benzene rings is 1. The van der Waals surface area contributed by atoms with Gasteiger partial charge in [0.25, 0.3) is 0 Å². The third kappa shape index (κ3) is 4.82. The summed E-state index contributed by atoms with van der Waals surface area (Å²) in [6, 6.07) is 5.97. The summed E-state index contributed by atoms with van der Waals surface area (Å²) in [7, 11) is 0. The van der Waals surface area contributed by atoms with Gasteiger partial charge in [-0.3, -0.25) is 14.9 Å². The Labute approximate surface area is 207 Å². The van der Waals surface area contributed by atoms with Gasteiger partial charge in [0.15, 0.2) is 0 Å². The van der Waals surface area contributed by atoms with Crippen LogP contribution in [-0.4, -0.2) is 54.5 Å². The molecule has 4 amide bonds. The molecule has 4 heterocycles. The van der Waals surface area contributed by atoms with Crippen molar-refractivity contribution in [2.45, 2.75) is 50.6 Å². The van der Waals surface area contributed by atoms with Gasteiger partial charge in [0, 0.05) is 43.3 Å². The normalized spacial score (nSPS) is 22.3. The van der Waals surface area contributed by atoms with Crippen LogP contribution in [0.4, 0.5) is 30.8 Å². The number of hydrogen-bond donors (Lipinski definition) is 3. The minimum atomic E-state index is -1.03. The number of halogens is 2. The van der Waals surface area contributed by atoms with Gasteiger partial charge >= 0.3 is 6.03 Å². The number of hydrogen-bond acceptors (Lipinski definition) is 6. The molecule has 3 aliphatic rings. The molecule has 0 spiro atoms. The molecule has 1 aromatic carbocycles. The van der Waals surface area contributed by atoms with Crippen molar-refractivity contribution in [2.24, 2.45) is 0 Å². The van der Waals surface area contributed by atoms with E-state index in [-0.39, 0.29) is 30.5 Å². The number of rotatable bonds is 5. The van der Waals surface area contributed by atoms with Gasteiger partial charge in [0.2, 0.25) is 11.8 Å². The number of aromatic nitrogens is 1. The zero-order valence-electron chi connectivity index (χ0n) is 19.9. The lowest BCUT2D eigenvalue weighted by Gasteiger charge is -2.41. The highest BCUT2D eigenvalue weighted by atomic mass is 19.1. The van der Waals surface area contributed by atoms with E-state index in [4.69, 9.17) is 0 Å². The van der Waals surface area contributed by atoms with Crippen LogP contribution < -0.4 is 25.8 Å². The summed E-state index contributed by atoms with van der Waals surface area (Å²) in [5.41, 5.74) is 0.583. The van der Waals surface area contributed by atoms with Crippen molar-refractivity contribution in [3.05, 3.63) is 47.7 Å². The predicted molar refractivity (Wildman–Crippen MR) is 130 cm³/mol. The molecule has 5 rings (SSSR count). The highest BCUT2D eigenvalue weighted by Gasteiger charge is 2.34. The van der Waals surface area contributed by atoms with E-state index in [1.807, 2.05) is 12.1 Å². The Bertz CT molecular complexity index is 1160. The molecule has 2 aromatic rings. The van der Waals surface area contributed by atoms with Gasteiger partial charge in [-0.2, -0.15) is 0 Å². The van der Waals surface area contributed by atoms with Gasteiger partial charge in [0.1, 0.15) is 17.5 Å². The minimum Gasteiger partial charge on any atom is -0.367 e. The first-order valence-electron chi connectivity index (χ1n) is 12.2. The first-order valence-corrected chi connectivity index (χ1v) is 12.2. The Kier molecular flexibility index (Phi) is 6.46. The van der Waals surface area contributed by atoms with Crippen LogP contribution in [0.5, 0.6) is 0 Å². The third-order valence-corrected chi connectivity index (χ3v) is 7.09. The Balaban J connectivity index is 1.13. The second-order valence-electron chi connectivity index (χ2n) is 9.62. The van der Waals surface area contributed by atoms with Crippen LogP contribution in [0.2, 0.25) is 0 Å². The Hall–Kier alpha value is -3.76. The van der Waals surface area contributed by atoms with Crippen molar-refractivity contribution in [3.8, 4) is 0 Å². The van der Waals surface area contributed by atoms with Crippen LogP contribution >= 0.6 is 0 Å². The Morgan fingerprint density at radius 2 is 1.89 bits per heavy atom. The predicted octanol–water partition coefficient (Wildman–Crippen LogP) is 2.88. The highest BCUT2D eigenvalue weighted by Crippen LogP contribution is 2.33. The molecule has 9 nitrogen and oxygen atoms in total. The quantitative estimate of drug-likeness (QED) is 0.548. The number of nitrogens with zero attached hydrogens (tertiary/aromatic N) is 3. The second-order valence-corrected chi connectivity index (χ2v) is 9.62. The molecule has 0 radical (unpaired) electrons. The van der Waals surface area contributed by atoms with Crippen molar-refractivity contribution in [1.82, 2.24) is 15.6 Å². The molecule has 1 aromatic heterocycles. The third-order valence-electron chi connectivity index (χ3n) is 7.09. The van der Waals surface area contributed by atoms with E-state index in [1.54, 1.807) is 11.1 Å². The number of imide groups is 1. The molecule has 3 saturated heterocycles. The molecule has 0 saturated carbocycles. The van der Waals surface area contributed by atoms with E-state index in [0.717, 1.165) is 25.2 Å². The number of carbonyl (C=O) groups is 3. The van der Waals surface area contributed by atoms with Crippen molar-refractivity contribution in [1.29, 1.82) is 0 Å². The molecule has 190 valence electrons. The van der Waals surface area contributed by atoms with E-state index in [9.17, 15) is 23.2 Å². The minimum absolute atomic E-state index is 0.0381. The lowest BCUT2D eigenvalue weighted by molar-refractivity contribution is -0.134. The van der Waals surface area contributed by atoms with Gasteiger partial charge in [-0.1, -0.05) is 0 Å². The molecule has 2 atom stereocenters. The number of pyridine rings is 1. The standard InChI is InChI=1S/C25H28F2N6O3/c1-14-3-2-8-33(14)21-6-4-15(11-28-21)29-25(36)30-16-12-32(13-16)17-9-19(26)23(20(27)10-17)18-5-7-22(34)31-24(18)35/h4,6,9-11,14,16,18H,2-3,5,7-8,12-13H2,1H3,(H2,29,30,36)(H,31,34,35)/t14-,18?/m1/s1. The summed E-state index contributed by atoms with van der Waals surface area (Å²) in [6.45, 7) is 3.92. The van der Waals surface area contributed by atoms with Crippen LogP contribution in [0, 0.1) is 11.6 Å². The first kappa shape index (κ1) is 24.0. The molecule has 0 bridgehead atoms. The summed E-state index contributed by atoms with van der Waals surface area (Å²) in [6.07, 6.45) is 4.02.